The fourth-order valence-corrected chi connectivity index (χ4v) is 5.03. The highest BCUT2D eigenvalue weighted by molar-refractivity contribution is 5.62. The minimum Gasteiger partial charge on any atom is -0.368 e. The zero-order valence-electron chi connectivity index (χ0n) is 20.4. The summed E-state index contributed by atoms with van der Waals surface area (Å²) in [5, 5.41) is 7.94. The number of nitrogens with zero attached hydrogens (tertiary/aromatic N) is 7. The molecule has 1 saturated heterocycles. The number of pyridine rings is 2. The summed E-state index contributed by atoms with van der Waals surface area (Å²) >= 11 is 0. The number of hydrogen-bond donors (Lipinski definition) is 1. The van der Waals surface area contributed by atoms with Crippen molar-refractivity contribution in [1.82, 2.24) is 24.6 Å². The molecule has 0 spiro atoms. The fourth-order valence-electron chi connectivity index (χ4n) is 5.03. The van der Waals surface area contributed by atoms with Crippen LogP contribution in [0.2, 0.25) is 0 Å². The van der Waals surface area contributed by atoms with E-state index < -0.39 is 0 Å². The molecule has 9 heteroatoms. The number of anilines is 4. The molecule has 1 N–H and O–H groups in total. The Labute approximate surface area is 200 Å². The zero-order valence-corrected chi connectivity index (χ0v) is 20.4. The Balaban J connectivity index is 1.32. The number of piperazine rings is 1. The maximum absolute atomic E-state index is 14.8. The first-order valence-electron chi connectivity index (χ1n) is 12.0. The summed E-state index contributed by atoms with van der Waals surface area (Å²) in [5.74, 6) is 1.32. The van der Waals surface area contributed by atoms with Crippen LogP contribution in [0.5, 0.6) is 0 Å². The van der Waals surface area contributed by atoms with E-state index in [2.05, 4.69) is 56.9 Å². The van der Waals surface area contributed by atoms with Gasteiger partial charge in [-0.3, -0.25) is 4.68 Å². The van der Waals surface area contributed by atoms with Crippen molar-refractivity contribution in [2.45, 2.75) is 32.7 Å². The summed E-state index contributed by atoms with van der Waals surface area (Å²) in [7, 11) is 4.14. The summed E-state index contributed by atoms with van der Waals surface area (Å²) in [4.78, 5) is 15.6. The zero-order chi connectivity index (χ0) is 23.8. The lowest BCUT2D eigenvalue weighted by Gasteiger charge is -2.33. The van der Waals surface area contributed by atoms with Gasteiger partial charge in [-0.25, -0.2) is 14.4 Å². The van der Waals surface area contributed by atoms with Crippen LogP contribution >= 0.6 is 0 Å². The van der Waals surface area contributed by atoms with Crippen molar-refractivity contribution in [3.8, 4) is 0 Å². The number of aromatic nitrogens is 4. The van der Waals surface area contributed by atoms with Crippen molar-refractivity contribution >= 4 is 23.0 Å². The number of nitrogens with one attached hydrogen (secondary N) is 1. The molecule has 5 rings (SSSR count). The molecule has 0 amide bonds. The van der Waals surface area contributed by atoms with E-state index in [0.717, 1.165) is 50.5 Å². The molecule has 8 nitrogen and oxygen atoms in total. The van der Waals surface area contributed by atoms with E-state index in [1.807, 2.05) is 24.0 Å². The topological polar surface area (TPSA) is 65.4 Å². The fraction of sp³-hybridized carbons (Fsp3) is 0.480. The standard InChI is InChI=1S/C25H33FN8/c1-17(2)25-19-16-34(8-7-21(19)30-32(25)4)22-13-24(28-15-20(22)26)29-23-6-5-18(14-27-23)33-11-9-31(3)10-12-33/h5-6,13-15,17H,7-12,16H2,1-4H3,(H,27,28,29). The Morgan fingerprint density at radius 1 is 0.941 bits per heavy atom. The molecule has 3 aromatic rings. The van der Waals surface area contributed by atoms with Crippen LogP contribution in [0.4, 0.5) is 27.4 Å². The quantitative estimate of drug-likeness (QED) is 0.620. The highest BCUT2D eigenvalue weighted by atomic mass is 19.1. The number of aryl methyl sites for hydroxylation is 1. The first kappa shape index (κ1) is 22.6. The van der Waals surface area contributed by atoms with E-state index in [1.165, 1.54) is 17.5 Å². The lowest BCUT2D eigenvalue weighted by molar-refractivity contribution is 0.313. The van der Waals surface area contributed by atoms with Crippen LogP contribution in [0.15, 0.2) is 30.6 Å². The normalized spacial score (nSPS) is 16.8. The molecule has 5 heterocycles. The Morgan fingerprint density at radius 3 is 2.41 bits per heavy atom. The van der Waals surface area contributed by atoms with Gasteiger partial charge in [-0.1, -0.05) is 13.8 Å². The van der Waals surface area contributed by atoms with Gasteiger partial charge in [-0.15, -0.1) is 0 Å². The van der Waals surface area contributed by atoms with Crippen LogP contribution in [0.1, 0.15) is 36.7 Å². The van der Waals surface area contributed by atoms with Crippen LogP contribution in [0.25, 0.3) is 0 Å². The van der Waals surface area contributed by atoms with E-state index in [4.69, 9.17) is 5.10 Å². The van der Waals surface area contributed by atoms with Gasteiger partial charge in [-0.2, -0.15) is 5.10 Å². The van der Waals surface area contributed by atoms with Gasteiger partial charge in [0.05, 0.1) is 29.5 Å². The van der Waals surface area contributed by atoms with Crippen molar-refractivity contribution in [1.29, 1.82) is 0 Å². The van der Waals surface area contributed by atoms with E-state index in [0.29, 0.717) is 29.8 Å². The van der Waals surface area contributed by atoms with Crippen LogP contribution in [0.3, 0.4) is 0 Å². The predicted molar refractivity (Wildman–Crippen MR) is 133 cm³/mol. The monoisotopic (exact) mass is 464 g/mol. The molecule has 0 saturated carbocycles. The minimum atomic E-state index is -0.317. The van der Waals surface area contributed by atoms with Crippen molar-refractivity contribution in [3.63, 3.8) is 0 Å². The largest absolute Gasteiger partial charge is 0.368 e. The van der Waals surface area contributed by atoms with Gasteiger partial charge in [0, 0.05) is 70.1 Å². The average molecular weight is 465 g/mol. The molecule has 2 aliphatic rings. The van der Waals surface area contributed by atoms with Gasteiger partial charge in [-0.05, 0) is 25.1 Å². The molecule has 1 fully saturated rings. The Morgan fingerprint density at radius 2 is 1.71 bits per heavy atom. The third-order valence-corrected chi connectivity index (χ3v) is 6.84. The van der Waals surface area contributed by atoms with Gasteiger partial charge in [0.1, 0.15) is 11.6 Å². The highest BCUT2D eigenvalue weighted by Gasteiger charge is 2.26. The summed E-state index contributed by atoms with van der Waals surface area (Å²) in [6.45, 7) is 9.83. The SMILES string of the molecule is CC(C)c1c2c(nn1C)CCN(c1cc(Nc3ccc(N4CCN(C)CC4)cn3)ncc1F)C2. The van der Waals surface area contributed by atoms with E-state index in [9.17, 15) is 4.39 Å². The highest BCUT2D eigenvalue weighted by Crippen LogP contribution is 2.32. The molecule has 0 unspecified atom stereocenters. The third-order valence-electron chi connectivity index (χ3n) is 6.84. The predicted octanol–water partition coefficient (Wildman–Crippen LogP) is 3.53. The Hall–Kier alpha value is -3.20. The molecule has 34 heavy (non-hydrogen) atoms. The number of fused-ring (bicyclic) bond motifs is 1. The minimum absolute atomic E-state index is 0.317. The first-order valence-corrected chi connectivity index (χ1v) is 12.0. The van der Waals surface area contributed by atoms with Gasteiger partial charge in [0.2, 0.25) is 0 Å². The van der Waals surface area contributed by atoms with Crippen molar-refractivity contribution in [3.05, 3.63) is 53.4 Å². The lowest BCUT2D eigenvalue weighted by Crippen LogP contribution is -2.44. The molecule has 0 aromatic carbocycles. The van der Waals surface area contributed by atoms with Crippen LogP contribution in [0, 0.1) is 5.82 Å². The number of rotatable bonds is 5. The molecular formula is C25H33FN8. The lowest BCUT2D eigenvalue weighted by atomic mass is 9.99. The summed E-state index contributed by atoms with van der Waals surface area (Å²) in [5.41, 5.74) is 5.23. The summed E-state index contributed by atoms with van der Waals surface area (Å²) < 4.78 is 16.8. The second-order valence-corrected chi connectivity index (χ2v) is 9.60. The van der Waals surface area contributed by atoms with Gasteiger partial charge in [0.15, 0.2) is 5.82 Å². The molecule has 0 bridgehead atoms. The molecule has 0 atom stereocenters. The average Bonchev–Trinajstić information content (AvgIpc) is 3.16. The maximum Gasteiger partial charge on any atom is 0.164 e. The van der Waals surface area contributed by atoms with E-state index >= 15 is 0 Å². The Kier molecular flexibility index (Phi) is 6.12. The maximum atomic E-state index is 14.8. The second kappa shape index (κ2) is 9.21. The van der Waals surface area contributed by atoms with Crippen molar-refractivity contribution in [2.24, 2.45) is 7.05 Å². The summed E-state index contributed by atoms with van der Waals surface area (Å²) in [6, 6.07) is 5.81. The first-order chi connectivity index (χ1) is 16.4. The van der Waals surface area contributed by atoms with Crippen LogP contribution in [-0.4, -0.2) is 64.4 Å². The van der Waals surface area contributed by atoms with Gasteiger partial charge < -0.3 is 20.0 Å². The molecule has 180 valence electrons. The van der Waals surface area contributed by atoms with E-state index in [1.54, 1.807) is 6.07 Å². The number of likely N-dealkylation sites (N-methyl/N-ethyl adjacent to an activating group) is 1. The Bertz CT molecular complexity index is 1150. The molecule has 0 aliphatic carbocycles. The summed E-state index contributed by atoms with van der Waals surface area (Å²) in [6.07, 6.45) is 3.98. The molecule has 3 aromatic heterocycles. The van der Waals surface area contributed by atoms with Crippen LogP contribution < -0.4 is 15.1 Å². The third kappa shape index (κ3) is 4.44. The van der Waals surface area contributed by atoms with Gasteiger partial charge >= 0.3 is 0 Å². The van der Waals surface area contributed by atoms with Crippen LogP contribution in [-0.2, 0) is 20.0 Å². The number of hydrogen-bond acceptors (Lipinski definition) is 7. The molecule has 2 aliphatic heterocycles. The molecule has 0 radical (unpaired) electrons. The van der Waals surface area contributed by atoms with E-state index in [-0.39, 0.29) is 5.82 Å². The van der Waals surface area contributed by atoms with Gasteiger partial charge in [0.25, 0.3) is 0 Å². The van der Waals surface area contributed by atoms with Crippen molar-refractivity contribution in [2.75, 3.05) is 54.9 Å². The van der Waals surface area contributed by atoms with Crippen molar-refractivity contribution < 1.29 is 4.39 Å². The molecular weight excluding hydrogens is 431 g/mol. The number of halogens is 1. The smallest absolute Gasteiger partial charge is 0.164 e. The second-order valence-electron chi connectivity index (χ2n) is 9.60.